The minimum absolute atomic E-state index is 0.00750. The molecule has 0 aliphatic heterocycles. The first-order valence-corrected chi connectivity index (χ1v) is 11.0. The molecular formula is C25H21N9O2. The van der Waals surface area contributed by atoms with Crippen molar-refractivity contribution in [3.8, 4) is 0 Å². The summed E-state index contributed by atoms with van der Waals surface area (Å²) in [7, 11) is 0. The summed E-state index contributed by atoms with van der Waals surface area (Å²) < 4.78 is 0. The maximum atomic E-state index is 10.9. The summed E-state index contributed by atoms with van der Waals surface area (Å²) in [6.07, 6.45) is 1.71. The van der Waals surface area contributed by atoms with E-state index in [0.29, 0.717) is 11.6 Å². The third-order valence-electron chi connectivity index (χ3n) is 5.30. The van der Waals surface area contributed by atoms with E-state index in [1.165, 1.54) is 12.1 Å². The van der Waals surface area contributed by atoms with Gasteiger partial charge in [0.25, 0.3) is 5.69 Å². The highest BCUT2D eigenvalue weighted by atomic mass is 16.6. The molecule has 11 heteroatoms. The van der Waals surface area contributed by atoms with Gasteiger partial charge >= 0.3 is 0 Å². The number of nitro benzene ring substituents is 1. The number of hydrogen-bond donors (Lipinski definition) is 4. The van der Waals surface area contributed by atoms with Crippen LogP contribution in [0.25, 0.3) is 10.9 Å². The van der Waals surface area contributed by atoms with Crippen LogP contribution in [0.1, 0.15) is 11.3 Å². The number of rotatable bonds is 8. The van der Waals surface area contributed by atoms with Gasteiger partial charge in [0.05, 0.1) is 11.1 Å². The molecule has 0 amide bonds. The topological polar surface area (TPSA) is 146 Å². The van der Waals surface area contributed by atoms with Gasteiger partial charge in [0.15, 0.2) is 0 Å². The molecule has 4 N–H and O–H groups in total. The second kappa shape index (κ2) is 9.89. The number of nitrogens with zero attached hydrogens (tertiary/aromatic N) is 5. The molecule has 178 valence electrons. The molecule has 0 bridgehead atoms. The van der Waals surface area contributed by atoms with Gasteiger partial charge in [-0.2, -0.15) is 20.1 Å². The van der Waals surface area contributed by atoms with Gasteiger partial charge in [0.1, 0.15) is 0 Å². The lowest BCUT2D eigenvalue weighted by molar-refractivity contribution is -0.384. The van der Waals surface area contributed by atoms with Crippen LogP contribution in [0.5, 0.6) is 0 Å². The van der Waals surface area contributed by atoms with Crippen molar-refractivity contribution < 1.29 is 4.92 Å². The summed E-state index contributed by atoms with van der Waals surface area (Å²) in [6.45, 7) is 1.98. The molecule has 0 aliphatic rings. The quantitative estimate of drug-likeness (QED) is 0.130. The lowest BCUT2D eigenvalue weighted by Gasteiger charge is -2.10. The molecule has 3 aromatic carbocycles. The van der Waals surface area contributed by atoms with Gasteiger partial charge in [-0.25, -0.2) is 5.43 Å². The first-order valence-electron chi connectivity index (χ1n) is 11.0. The first kappa shape index (κ1) is 22.5. The van der Waals surface area contributed by atoms with Crippen molar-refractivity contribution in [2.45, 2.75) is 6.92 Å². The normalized spacial score (nSPS) is 11.0. The molecule has 5 rings (SSSR count). The van der Waals surface area contributed by atoms with Gasteiger partial charge in [-0.1, -0.05) is 36.4 Å². The number of hydrazone groups is 1. The molecule has 0 unspecified atom stereocenters. The lowest BCUT2D eigenvalue weighted by Crippen LogP contribution is -2.07. The van der Waals surface area contributed by atoms with Crippen molar-refractivity contribution in [1.82, 2.24) is 19.9 Å². The average Bonchev–Trinajstić information content (AvgIpc) is 3.20. The Morgan fingerprint density at radius 1 is 0.833 bits per heavy atom. The van der Waals surface area contributed by atoms with Crippen LogP contribution in [-0.2, 0) is 0 Å². The van der Waals surface area contributed by atoms with Crippen LogP contribution in [-0.4, -0.2) is 31.1 Å². The number of benzene rings is 3. The second-order valence-electron chi connectivity index (χ2n) is 7.81. The van der Waals surface area contributed by atoms with Crippen LogP contribution in [0.15, 0.2) is 84.0 Å². The summed E-state index contributed by atoms with van der Waals surface area (Å²) in [5, 5.41) is 22.5. The van der Waals surface area contributed by atoms with Crippen molar-refractivity contribution in [3.63, 3.8) is 0 Å². The molecular weight excluding hydrogens is 458 g/mol. The van der Waals surface area contributed by atoms with E-state index in [2.05, 4.69) is 41.1 Å². The summed E-state index contributed by atoms with van der Waals surface area (Å²) in [4.78, 5) is 27.0. The van der Waals surface area contributed by atoms with Crippen molar-refractivity contribution in [2.24, 2.45) is 5.10 Å². The average molecular weight is 480 g/mol. The van der Waals surface area contributed by atoms with Crippen molar-refractivity contribution in [1.29, 1.82) is 0 Å². The van der Waals surface area contributed by atoms with Crippen LogP contribution in [0.3, 0.4) is 0 Å². The van der Waals surface area contributed by atoms with Crippen LogP contribution < -0.4 is 16.1 Å². The SMILES string of the molecule is Cc1[nH]c2ccccc2c1/C=N/Nc1nc(Nc2ccccc2)nc(Nc2ccc([N+](=O)[O-])cc2)n1. The molecule has 0 spiro atoms. The van der Waals surface area contributed by atoms with Crippen LogP contribution in [0.2, 0.25) is 0 Å². The zero-order valence-corrected chi connectivity index (χ0v) is 19.1. The zero-order valence-electron chi connectivity index (χ0n) is 19.1. The van der Waals surface area contributed by atoms with Gasteiger partial charge < -0.3 is 15.6 Å². The van der Waals surface area contributed by atoms with Gasteiger partial charge in [0.2, 0.25) is 17.8 Å². The Morgan fingerprint density at radius 2 is 1.44 bits per heavy atom. The van der Waals surface area contributed by atoms with Crippen LogP contribution >= 0.6 is 0 Å². The summed E-state index contributed by atoms with van der Waals surface area (Å²) in [6, 6.07) is 23.4. The smallest absolute Gasteiger partial charge is 0.269 e. The molecule has 2 aromatic heterocycles. The number of anilines is 5. The predicted octanol–water partition coefficient (Wildman–Crippen LogP) is 5.50. The van der Waals surface area contributed by atoms with Gasteiger partial charge in [0, 0.05) is 45.7 Å². The number of nitro groups is 1. The zero-order chi connectivity index (χ0) is 24.9. The van der Waals surface area contributed by atoms with E-state index >= 15 is 0 Å². The van der Waals surface area contributed by atoms with E-state index < -0.39 is 4.92 Å². The summed E-state index contributed by atoms with van der Waals surface area (Å²) in [5.41, 5.74) is 7.23. The molecule has 11 nitrogen and oxygen atoms in total. The third kappa shape index (κ3) is 5.09. The highest BCUT2D eigenvalue weighted by Crippen LogP contribution is 2.22. The van der Waals surface area contributed by atoms with E-state index in [4.69, 9.17) is 0 Å². The number of non-ortho nitro benzene ring substituents is 1. The van der Waals surface area contributed by atoms with Crippen LogP contribution in [0.4, 0.5) is 34.9 Å². The fourth-order valence-corrected chi connectivity index (χ4v) is 3.60. The monoisotopic (exact) mass is 479 g/mol. The number of aromatic nitrogens is 4. The molecule has 0 saturated carbocycles. The Kier molecular flexibility index (Phi) is 6.17. The van der Waals surface area contributed by atoms with Gasteiger partial charge in [-0.15, -0.1) is 0 Å². The molecule has 2 heterocycles. The van der Waals surface area contributed by atoms with Crippen molar-refractivity contribution >= 4 is 52.0 Å². The Labute approximate surface area is 205 Å². The molecule has 0 aliphatic carbocycles. The largest absolute Gasteiger partial charge is 0.358 e. The van der Waals surface area contributed by atoms with Crippen molar-refractivity contribution in [3.05, 3.63) is 100 Å². The standard InChI is InChI=1S/C25H21N9O2/c1-16-21(20-9-5-6-10-22(20)27-16)15-26-33-25-31-23(28-17-7-3-2-4-8-17)30-24(32-25)29-18-11-13-19(14-12-18)34(35)36/h2-15,27H,1H3,(H3,28,29,30,31,32,33)/b26-15+. The van der Waals surface area contributed by atoms with E-state index in [-0.39, 0.29) is 17.6 Å². The second-order valence-corrected chi connectivity index (χ2v) is 7.81. The third-order valence-corrected chi connectivity index (χ3v) is 5.30. The number of nitrogens with one attached hydrogen (secondary N) is 4. The molecule has 0 saturated heterocycles. The molecule has 36 heavy (non-hydrogen) atoms. The number of fused-ring (bicyclic) bond motifs is 1. The predicted molar refractivity (Wildman–Crippen MR) is 140 cm³/mol. The maximum absolute atomic E-state index is 10.9. The summed E-state index contributed by atoms with van der Waals surface area (Å²) in [5.74, 6) is 0.737. The molecule has 0 radical (unpaired) electrons. The lowest BCUT2D eigenvalue weighted by atomic mass is 10.1. The highest BCUT2D eigenvalue weighted by molar-refractivity contribution is 6.00. The van der Waals surface area contributed by atoms with E-state index in [0.717, 1.165) is 27.8 Å². The van der Waals surface area contributed by atoms with Gasteiger partial charge in [-0.05, 0) is 37.3 Å². The Hall–Kier alpha value is -5.32. The van der Waals surface area contributed by atoms with E-state index in [9.17, 15) is 10.1 Å². The number of aromatic amines is 1. The number of hydrogen-bond acceptors (Lipinski definition) is 9. The number of H-pyrrole nitrogens is 1. The van der Waals surface area contributed by atoms with E-state index in [1.54, 1.807) is 18.3 Å². The number of para-hydroxylation sites is 2. The Bertz CT molecular complexity index is 1550. The van der Waals surface area contributed by atoms with Crippen molar-refractivity contribution in [2.75, 3.05) is 16.1 Å². The Morgan fingerprint density at radius 3 is 2.14 bits per heavy atom. The highest BCUT2D eigenvalue weighted by Gasteiger charge is 2.10. The minimum atomic E-state index is -0.454. The van der Waals surface area contributed by atoms with Gasteiger partial charge in [-0.3, -0.25) is 10.1 Å². The fraction of sp³-hybridized carbons (Fsp3) is 0.0400. The Balaban J connectivity index is 1.41. The maximum Gasteiger partial charge on any atom is 0.269 e. The molecule has 0 atom stereocenters. The number of aryl methyl sites for hydroxylation is 1. The van der Waals surface area contributed by atoms with E-state index in [1.807, 2.05) is 61.5 Å². The molecule has 5 aromatic rings. The summed E-state index contributed by atoms with van der Waals surface area (Å²) >= 11 is 0. The molecule has 0 fully saturated rings. The fourth-order valence-electron chi connectivity index (χ4n) is 3.60. The van der Waals surface area contributed by atoms with Crippen LogP contribution in [0, 0.1) is 17.0 Å². The first-order chi connectivity index (χ1) is 17.5. The minimum Gasteiger partial charge on any atom is -0.358 e.